The molecule has 0 aliphatic heterocycles. The molecule has 1 aromatic carbocycles. The molecule has 0 atom stereocenters. The molecule has 0 spiro atoms. The number of carbonyl (C=O) groups is 2. The van der Waals surface area contributed by atoms with Crippen LogP contribution in [0.5, 0.6) is 0 Å². The molecule has 0 radical (unpaired) electrons. The number of carbonyl (C=O) groups excluding carboxylic acids is 1. The monoisotopic (exact) mass is 317 g/mol. The number of amides is 1. The van der Waals surface area contributed by atoms with E-state index < -0.39 is 12.1 Å². The van der Waals surface area contributed by atoms with Gasteiger partial charge in [0, 0.05) is 6.54 Å². The minimum atomic E-state index is -0.938. The molecule has 2 aromatic rings. The van der Waals surface area contributed by atoms with Crippen LogP contribution in [0.1, 0.15) is 20.8 Å². The summed E-state index contributed by atoms with van der Waals surface area (Å²) in [6.45, 7) is 0.536. The largest absolute Gasteiger partial charge is 0.477 e. The van der Waals surface area contributed by atoms with Crippen LogP contribution in [0.3, 0.4) is 0 Å². The Morgan fingerprint density at radius 2 is 2.05 bits per heavy atom. The second-order valence-electron chi connectivity index (χ2n) is 4.39. The molecule has 1 aromatic heterocycles. The van der Waals surface area contributed by atoms with Gasteiger partial charge in [0.15, 0.2) is 0 Å². The van der Waals surface area contributed by atoms with E-state index >= 15 is 0 Å². The summed E-state index contributed by atoms with van der Waals surface area (Å²) in [6.07, 6.45) is 2.99. The summed E-state index contributed by atoms with van der Waals surface area (Å²) in [5, 5.41) is 13.1. The fraction of sp³-hybridized carbons (Fsp3) is 0.125. The Balaban J connectivity index is 1.70. The number of benzene rings is 1. The highest BCUT2D eigenvalue weighted by Gasteiger charge is 2.04. The zero-order valence-corrected chi connectivity index (χ0v) is 12.5. The average Bonchev–Trinajstić information content (AvgIpc) is 3.00. The zero-order valence-electron chi connectivity index (χ0n) is 11.7. The highest BCUT2D eigenvalue weighted by Crippen LogP contribution is 2.15. The molecule has 6 heteroatoms. The smallest absolute Gasteiger partial charge is 0.407 e. The highest BCUT2D eigenvalue weighted by atomic mass is 32.1. The number of carboxylic acid groups (broad SMARTS) is 1. The lowest BCUT2D eigenvalue weighted by Crippen LogP contribution is -2.24. The van der Waals surface area contributed by atoms with Crippen LogP contribution in [0.2, 0.25) is 0 Å². The van der Waals surface area contributed by atoms with E-state index in [1.54, 1.807) is 23.6 Å². The fourth-order valence-electron chi connectivity index (χ4n) is 1.66. The van der Waals surface area contributed by atoms with E-state index in [0.717, 1.165) is 22.5 Å². The molecule has 0 aliphatic rings. The molecule has 0 aliphatic carbocycles. The number of hydrogen-bond acceptors (Lipinski definition) is 4. The number of alkyl carbamates (subject to hydrolysis) is 1. The number of thiophene rings is 1. The Kier molecular flexibility index (Phi) is 5.73. The summed E-state index contributed by atoms with van der Waals surface area (Å²) < 4.78 is 5.06. The van der Waals surface area contributed by atoms with E-state index in [4.69, 9.17) is 9.84 Å². The first-order valence-electron chi connectivity index (χ1n) is 6.58. The van der Waals surface area contributed by atoms with Gasteiger partial charge in [0.1, 0.15) is 11.5 Å². The van der Waals surface area contributed by atoms with Crippen molar-refractivity contribution in [1.82, 2.24) is 5.32 Å². The molecule has 1 amide bonds. The first-order valence-corrected chi connectivity index (χ1v) is 7.46. The summed E-state index contributed by atoms with van der Waals surface area (Å²) >= 11 is 1.16. The van der Waals surface area contributed by atoms with E-state index in [0.29, 0.717) is 6.54 Å². The minimum Gasteiger partial charge on any atom is -0.477 e. The van der Waals surface area contributed by atoms with Gasteiger partial charge in [-0.3, -0.25) is 0 Å². The van der Waals surface area contributed by atoms with Crippen molar-refractivity contribution < 1.29 is 19.4 Å². The van der Waals surface area contributed by atoms with Crippen molar-refractivity contribution >= 4 is 29.5 Å². The van der Waals surface area contributed by atoms with Crippen molar-refractivity contribution in [3.8, 4) is 0 Å². The molecule has 2 rings (SSSR count). The normalized spacial score (nSPS) is 10.5. The first kappa shape index (κ1) is 15.8. The maximum absolute atomic E-state index is 11.5. The van der Waals surface area contributed by atoms with Crippen LogP contribution in [-0.4, -0.2) is 23.7 Å². The molecule has 114 valence electrons. The Bertz CT molecular complexity index is 664. The summed E-state index contributed by atoms with van der Waals surface area (Å²) in [5.74, 6) is -0.938. The van der Waals surface area contributed by atoms with Gasteiger partial charge in [-0.2, -0.15) is 0 Å². The van der Waals surface area contributed by atoms with E-state index in [1.807, 2.05) is 30.3 Å². The maximum Gasteiger partial charge on any atom is 0.407 e. The van der Waals surface area contributed by atoms with Gasteiger partial charge in [-0.1, -0.05) is 42.5 Å². The van der Waals surface area contributed by atoms with E-state index in [1.165, 1.54) is 0 Å². The third-order valence-corrected chi connectivity index (χ3v) is 3.65. The van der Waals surface area contributed by atoms with Crippen molar-refractivity contribution in [3.05, 3.63) is 63.9 Å². The van der Waals surface area contributed by atoms with E-state index in [2.05, 4.69) is 5.32 Å². The van der Waals surface area contributed by atoms with Crippen molar-refractivity contribution in [2.45, 2.75) is 6.61 Å². The van der Waals surface area contributed by atoms with Gasteiger partial charge >= 0.3 is 12.1 Å². The topological polar surface area (TPSA) is 75.6 Å². The zero-order chi connectivity index (χ0) is 15.8. The molecule has 0 unspecified atom stereocenters. The Morgan fingerprint density at radius 1 is 1.27 bits per heavy atom. The van der Waals surface area contributed by atoms with E-state index in [-0.39, 0.29) is 11.5 Å². The van der Waals surface area contributed by atoms with Gasteiger partial charge in [0.25, 0.3) is 0 Å². The quantitative estimate of drug-likeness (QED) is 0.856. The summed E-state index contributed by atoms with van der Waals surface area (Å²) in [4.78, 5) is 22.5. The Labute approximate surface area is 131 Å². The van der Waals surface area contributed by atoms with Crippen LogP contribution in [0.25, 0.3) is 6.08 Å². The van der Waals surface area contributed by atoms with Gasteiger partial charge in [0.2, 0.25) is 0 Å². The van der Waals surface area contributed by atoms with Crippen molar-refractivity contribution in [2.75, 3.05) is 6.54 Å². The average molecular weight is 317 g/mol. The van der Waals surface area contributed by atoms with Crippen molar-refractivity contribution in [3.63, 3.8) is 0 Å². The molecule has 0 saturated carbocycles. The third-order valence-electron chi connectivity index (χ3n) is 2.72. The highest BCUT2D eigenvalue weighted by molar-refractivity contribution is 7.12. The Hall–Kier alpha value is -2.60. The number of carboxylic acids is 1. The SMILES string of the molecule is O=C(NCC=Cc1csc(C(=O)O)c1)OCc1ccccc1. The van der Waals surface area contributed by atoms with Crippen molar-refractivity contribution in [1.29, 1.82) is 0 Å². The standard InChI is InChI=1S/C16H15NO4S/c18-15(19)14-9-13(11-22-14)7-4-8-17-16(20)21-10-12-5-2-1-3-6-12/h1-7,9,11H,8,10H2,(H,17,20)(H,18,19). The number of rotatable bonds is 6. The van der Waals surface area contributed by atoms with E-state index in [9.17, 15) is 9.59 Å². The molecule has 5 nitrogen and oxygen atoms in total. The van der Waals surface area contributed by atoms with Gasteiger partial charge in [-0.05, 0) is 22.6 Å². The van der Waals surface area contributed by atoms with Crippen LogP contribution in [0, 0.1) is 0 Å². The summed E-state index contributed by atoms with van der Waals surface area (Å²) in [6, 6.07) is 11.0. The molecule has 2 N–H and O–H groups in total. The second kappa shape index (κ2) is 7.99. The molecule has 0 bridgehead atoms. The third kappa shape index (κ3) is 5.06. The van der Waals surface area contributed by atoms with Crippen LogP contribution in [0.4, 0.5) is 4.79 Å². The summed E-state index contributed by atoms with van der Waals surface area (Å²) in [7, 11) is 0. The number of hydrogen-bond donors (Lipinski definition) is 2. The molecule has 0 saturated heterocycles. The van der Waals surface area contributed by atoms with Crippen LogP contribution in [0.15, 0.2) is 47.9 Å². The number of aromatic carboxylic acids is 1. The Morgan fingerprint density at radius 3 is 2.73 bits per heavy atom. The molecule has 22 heavy (non-hydrogen) atoms. The maximum atomic E-state index is 11.5. The van der Waals surface area contributed by atoms with Crippen molar-refractivity contribution in [2.24, 2.45) is 0 Å². The summed E-state index contributed by atoms with van der Waals surface area (Å²) in [5.41, 5.74) is 1.72. The van der Waals surface area contributed by atoms with Gasteiger partial charge in [-0.15, -0.1) is 11.3 Å². The minimum absolute atomic E-state index is 0.225. The molecule has 1 heterocycles. The van der Waals surface area contributed by atoms with Crippen LogP contribution >= 0.6 is 11.3 Å². The van der Waals surface area contributed by atoms with Gasteiger partial charge < -0.3 is 15.2 Å². The first-order chi connectivity index (χ1) is 10.6. The fourth-order valence-corrected chi connectivity index (χ4v) is 2.38. The molecular weight excluding hydrogens is 302 g/mol. The van der Waals surface area contributed by atoms with Gasteiger partial charge in [-0.25, -0.2) is 9.59 Å². The lowest BCUT2D eigenvalue weighted by atomic mass is 10.2. The molecule has 0 fully saturated rings. The number of ether oxygens (including phenoxy) is 1. The van der Waals surface area contributed by atoms with Crippen LogP contribution in [-0.2, 0) is 11.3 Å². The predicted molar refractivity (Wildman–Crippen MR) is 84.9 cm³/mol. The second-order valence-corrected chi connectivity index (χ2v) is 5.31. The van der Waals surface area contributed by atoms with Crippen LogP contribution < -0.4 is 5.32 Å². The molecular formula is C16H15NO4S. The number of nitrogens with one attached hydrogen (secondary N) is 1. The lowest BCUT2D eigenvalue weighted by molar-refractivity contribution is 0.0702. The predicted octanol–water partition coefficient (Wildman–Crippen LogP) is 3.39. The lowest BCUT2D eigenvalue weighted by Gasteiger charge is -2.05. The van der Waals surface area contributed by atoms with Gasteiger partial charge in [0.05, 0.1) is 0 Å².